The highest BCUT2D eigenvalue weighted by Crippen LogP contribution is 2.43. The van der Waals surface area contributed by atoms with Crippen molar-refractivity contribution in [3.8, 4) is 11.5 Å². The summed E-state index contributed by atoms with van der Waals surface area (Å²) < 4.78 is 47.7. The summed E-state index contributed by atoms with van der Waals surface area (Å²) in [5.74, 6) is 1.06. The van der Waals surface area contributed by atoms with Gasteiger partial charge in [-0.15, -0.1) is 0 Å². The van der Waals surface area contributed by atoms with Gasteiger partial charge in [0.15, 0.2) is 0 Å². The van der Waals surface area contributed by atoms with E-state index in [0.717, 1.165) is 0 Å². The predicted molar refractivity (Wildman–Crippen MR) is 71.5 cm³/mol. The molecule has 0 fully saturated rings. The second-order valence-electron chi connectivity index (χ2n) is 5.64. The van der Waals surface area contributed by atoms with Gasteiger partial charge >= 0.3 is 6.18 Å². The largest absolute Gasteiger partial charge is 0.497 e. The molecule has 1 aliphatic rings. The molecular weight excluding hydrogens is 285 g/mol. The van der Waals surface area contributed by atoms with Gasteiger partial charge in [0.2, 0.25) is 0 Å². The Hall–Kier alpha value is -1.43. The van der Waals surface area contributed by atoms with Crippen LogP contribution < -0.4 is 9.47 Å². The predicted octanol–water partition coefficient (Wildman–Crippen LogP) is 4.00. The molecule has 0 amide bonds. The van der Waals surface area contributed by atoms with Gasteiger partial charge in [0.05, 0.1) is 13.2 Å². The molecule has 1 aromatic carbocycles. The molecule has 0 saturated carbocycles. The molecule has 1 N–H and O–H groups in total. The fourth-order valence-electron chi connectivity index (χ4n) is 2.65. The molecule has 2 rings (SSSR count). The van der Waals surface area contributed by atoms with Crippen LogP contribution in [-0.2, 0) is 0 Å². The standard InChI is InChI=1S/C15H19F3O3/c1-14(6-3-7-15(16,17)18)9-12(19)11-5-4-10(20-2)8-13(11)21-14/h4-5,8,12,19H,3,6-7,9H2,1-2H3. The lowest BCUT2D eigenvalue weighted by Crippen LogP contribution is -2.38. The van der Waals surface area contributed by atoms with Gasteiger partial charge in [-0.25, -0.2) is 0 Å². The molecule has 21 heavy (non-hydrogen) atoms. The van der Waals surface area contributed by atoms with Crippen LogP contribution in [-0.4, -0.2) is 24.0 Å². The zero-order valence-electron chi connectivity index (χ0n) is 12.0. The Balaban J connectivity index is 2.10. The van der Waals surface area contributed by atoms with E-state index >= 15 is 0 Å². The fraction of sp³-hybridized carbons (Fsp3) is 0.600. The number of benzene rings is 1. The number of ether oxygens (including phenoxy) is 2. The van der Waals surface area contributed by atoms with E-state index in [0.29, 0.717) is 17.1 Å². The minimum Gasteiger partial charge on any atom is -0.497 e. The van der Waals surface area contributed by atoms with Crippen LogP contribution in [0.4, 0.5) is 13.2 Å². The van der Waals surface area contributed by atoms with Gasteiger partial charge in [-0.1, -0.05) is 0 Å². The molecule has 2 unspecified atom stereocenters. The van der Waals surface area contributed by atoms with Gasteiger partial charge in [0.25, 0.3) is 0 Å². The normalized spacial score (nSPS) is 25.1. The maximum absolute atomic E-state index is 12.2. The average molecular weight is 304 g/mol. The van der Waals surface area contributed by atoms with Gasteiger partial charge in [0, 0.05) is 24.5 Å². The molecule has 0 bridgehead atoms. The second-order valence-corrected chi connectivity index (χ2v) is 5.64. The zero-order valence-corrected chi connectivity index (χ0v) is 12.0. The van der Waals surface area contributed by atoms with Gasteiger partial charge in [-0.2, -0.15) is 13.2 Å². The van der Waals surface area contributed by atoms with Crippen molar-refractivity contribution in [1.29, 1.82) is 0 Å². The van der Waals surface area contributed by atoms with Gasteiger partial charge in [0.1, 0.15) is 17.1 Å². The number of methoxy groups -OCH3 is 1. The van der Waals surface area contributed by atoms with Crippen LogP contribution in [0.1, 0.15) is 44.3 Å². The molecule has 6 heteroatoms. The Morgan fingerprint density at radius 3 is 2.76 bits per heavy atom. The van der Waals surface area contributed by atoms with Crippen LogP contribution in [0.15, 0.2) is 18.2 Å². The number of alkyl halides is 3. The molecule has 3 nitrogen and oxygen atoms in total. The van der Waals surface area contributed by atoms with E-state index in [-0.39, 0.29) is 19.3 Å². The summed E-state index contributed by atoms with van der Waals surface area (Å²) >= 11 is 0. The van der Waals surface area contributed by atoms with Crippen LogP contribution in [0, 0.1) is 0 Å². The van der Waals surface area contributed by atoms with Crippen molar-refractivity contribution >= 4 is 0 Å². The van der Waals surface area contributed by atoms with E-state index in [9.17, 15) is 18.3 Å². The van der Waals surface area contributed by atoms with Gasteiger partial charge in [-0.3, -0.25) is 0 Å². The Morgan fingerprint density at radius 2 is 2.14 bits per heavy atom. The van der Waals surface area contributed by atoms with Crippen molar-refractivity contribution in [3.63, 3.8) is 0 Å². The lowest BCUT2D eigenvalue weighted by Gasteiger charge is -2.38. The third kappa shape index (κ3) is 4.03. The number of aliphatic hydroxyl groups excluding tert-OH is 1. The van der Waals surface area contributed by atoms with Crippen LogP contribution in [0.5, 0.6) is 11.5 Å². The number of aliphatic hydroxyl groups is 1. The lowest BCUT2D eigenvalue weighted by atomic mass is 9.86. The summed E-state index contributed by atoms with van der Waals surface area (Å²) in [5, 5.41) is 10.2. The molecule has 0 radical (unpaired) electrons. The molecule has 0 spiro atoms. The van der Waals surface area contributed by atoms with Crippen molar-refractivity contribution in [2.75, 3.05) is 7.11 Å². The maximum atomic E-state index is 12.2. The van der Waals surface area contributed by atoms with E-state index in [1.165, 1.54) is 7.11 Å². The number of halogens is 3. The zero-order chi connectivity index (χ0) is 15.7. The van der Waals surface area contributed by atoms with E-state index in [2.05, 4.69) is 0 Å². The van der Waals surface area contributed by atoms with Crippen LogP contribution in [0.2, 0.25) is 0 Å². The van der Waals surface area contributed by atoms with Crippen LogP contribution in [0.25, 0.3) is 0 Å². The first-order chi connectivity index (χ1) is 9.72. The first-order valence-electron chi connectivity index (χ1n) is 6.84. The van der Waals surface area contributed by atoms with Crippen molar-refractivity contribution in [2.24, 2.45) is 0 Å². The molecule has 1 aromatic rings. The third-order valence-corrected chi connectivity index (χ3v) is 3.73. The highest BCUT2D eigenvalue weighted by atomic mass is 19.4. The molecule has 1 heterocycles. The first kappa shape index (κ1) is 15.9. The summed E-state index contributed by atoms with van der Waals surface area (Å²) in [6, 6.07) is 5.09. The average Bonchev–Trinajstić information content (AvgIpc) is 2.35. The Kier molecular flexibility index (Phi) is 4.37. The van der Waals surface area contributed by atoms with Gasteiger partial charge in [-0.05, 0) is 31.9 Å². The lowest BCUT2D eigenvalue weighted by molar-refractivity contribution is -0.138. The molecule has 2 atom stereocenters. The van der Waals surface area contributed by atoms with E-state index < -0.39 is 24.3 Å². The van der Waals surface area contributed by atoms with E-state index in [1.54, 1.807) is 25.1 Å². The van der Waals surface area contributed by atoms with Crippen LogP contribution >= 0.6 is 0 Å². The molecule has 118 valence electrons. The number of fused-ring (bicyclic) bond motifs is 1. The maximum Gasteiger partial charge on any atom is 0.389 e. The smallest absolute Gasteiger partial charge is 0.389 e. The Labute approximate surface area is 121 Å². The quantitative estimate of drug-likeness (QED) is 0.913. The summed E-state index contributed by atoms with van der Waals surface area (Å²) in [5.41, 5.74) is -0.159. The van der Waals surface area contributed by atoms with Crippen molar-refractivity contribution in [3.05, 3.63) is 23.8 Å². The highest BCUT2D eigenvalue weighted by molar-refractivity contribution is 5.43. The minimum absolute atomic E-state index is 0.0218. The number of rotatable bonds is 4. The first-order valence-corrected chi connectivity index (χ1v) is 6.84. The minimum atomic E-state index is -4.16. The number of hydrogen-bond acceptors (Lipinski definition) is 3. The van der Waals surface area contributed by atoms with Crippen molar-refractivity contribution < 1.29 is 27.8 Å². The van der Waals surface area contributed by atoms with Crippen molar-refractivity contribution in [2.45, 2.75) is 50.5 Å². The monoisotopic (exact) mass is 304 g/mol. The van der Waals surface area contributed by atoms with E-state index in [1.807, 2.05) is 0 Å². The van der Waals surface area contributed by atoms with Crippen LogP contribution in [0.3, 0.4) is 0 Å². The Morgan fingerprint density at radius 1 is 1.43 bits per heavy atom. The van der Waals surface area contributed by atoms with E-state index in [4.69, 9.17) is 9.47 Å². The summed E-state index contributed by atoms with van der Waals surface area (Å²) in [6.45, 7) is 1.73. The molecule has 0 saturated heterocycles. The number of hydrogen-bond donors (Lipinski definition) is 1. The topological polar surface area (TPSA) is 38.7 Å². The molecule has 0 aliphatic carbocycles. The van der Waals surface area contributed by atoms with Crippen molar-refractivity contribution in [1.82, 2.24) is 0 Å². The molecule has 1 aliphatic heterocycles. The third-order valence-electron chi connectivity index (χ3n) is 3.73. The molecular formula is C15H19F3O3. The highest BCUT2D eigenvalue weighted by Gasteiger charge is 2.37. The van der Waals surface area contributed by atoms with Gasteiger partial charge < -0.3 is 14.6 Å². The Bertz CT molecular complexity index is 501. The summed E-state index contributed by atoms with van der Waals surface area (Å²) in [7, 11) is 1.52. The SMILES string of the molecule is COc1ccc2c(c1)OC(C)(CCCC(F)(F)F)CC2O. The molecule has 0 aromatic heterocycles. The fourth-order valence-corrected chi connectivity index (χ4v) is 2.65. The summed E-state index contributed by atoms with van der Waals surface area (Å²) in [6.07, 6.45) is -5.25. The summed E-state index contributed by atoms with van der Waals surface area (Å²) in [4.78, 5) is 0. The second kappa shape index (κ2) is 5.75.